The maximum atomic E-state index is 4.77. The van der Waals surface area contributed by atoms with Gasteiger partial charge < -0.3 is 4.90 Å². The molecule has 0 aliphatic carbocycles. The molecule has 0 amide bonds. The lowest BCUT2D eigenvalue weighted by molar-refractivity contribution is 1.28. The van der Waals surface area contributed by atoms with E-state index >= 15 is 0 Å². The first kappa shape index (κ1) is 19.3. The standard InChI is InChI=1S/C31H22N2/c1-3-11-28(12-4-1)33(29-13-5-2-6-14-29)30-17-18-31-26(21-30)20-27(22-32-31)25-16-15-23-9-7-8-10-24(23)19-25/h1-22H. The first-order chi connectivity index (χ1) is 16.3. The van der Waals surface area contributed by atoms with Crippen molar-refractivity contribution in [3.63, 3.8) is 0 Å². The summed E-state index contributed by atoms with van der Waals surface area (Å²) in [5, 5.41) is 3.61. The second kappa shape index (κ2) is 8.25. The fourth-order valence-electron chi connectivity index (χ4n) is 4.39. The van der Waals surface area contributed by atoms with Crippen molar-refractivity contribution in [2.75, 3.05) is 4.90 Å². The molecule has 0 aliphatic rings. The van der Waals surface area contributed by atoms with Crippen LogP contribution < -0.4 is 4.90 Å². The van der Waals surface area contributed by atoms with Gasteiger partial charge in [0.25, 0.3) is 0 Å². The van der Waals surface area contributed by atoms with Crippen LogP contribution in [0, 0.1) is 0 Å². The fourth-order valence-corrected chi connectivity index (χ4v) is 4.39. The molecule has 0 N–H and O–H groups in total. The van der Waals surface area contributed by atoms with E-state index in [4.69, 9.17) is 4.98 Å². The zero-order chi connectivity index (χ0) is 22.0. The molecule has 0 atom stereocenters. The molecule has 0 saturated carbocycles. The Bertz CT molecular complexity index is 1520. The highest BCUT2D eigenvalue weighted by atomic mass is 15.1. The zero-order valence-corrected chi connectivity index (χ0v) is 18.1. The molecule has 0 unspecified atom stereocenters. The minimum atomic E-state index is 0.990. The molecule has 6 rings (SSSR count). The van der Waals surface area contributed by atoms with E-state index in [0.29, 0.717) is 0 Å². The maximum absolute atomic E-state index is 4.77. The first-order valence-electron chi connectivity index (χ1n) is 11.1. The number of rotatable bonds is 4. The Morgan fingerprint density at radius 2 is 1.06 bits per heavy atom. The summed E-state index contributed by atoms with van der Waals surface area (Å²) in [5.74, 6) is 0. The number of hydrogen-bond donors (Lipinski definition) is 0. The molecule has 33 heavy (non-hydrogen) atoms. The van der Waals surface area contributed by atoms with Crippen LogP contribution >= 0.6 is 0 Å². The van der Waals surface area contributed by atoms with E-state index in [0.717, 1.165) is 33.5 Å². The summed E-state index contributed by atoms with van der Waals surface area (Å²) in [6, 6.07) is 44.7. The summed E-state index contributed by atoms with van der Waals surface area (Å²) in [4.78, 5) is 7.04. The number of aromatic nitrogens is 1. The van der Waals surface area contributed by atoms with Gasteiger partial charge in [-0.3, -0.25) is 4.98 Å². The van der Waals surface area contributed by atoms with E-state index in [1.54, 1.807) is 0 Å². The summed E-state index contributed by atoms with van der Waals surface area (Å²) in [7, 11) is 0. The van der Waals surface area contributed by atoms with E-state index < -0.39 is 0 Å². The highest BCUT2D eigenvalue weighted by Crippen LogP contribution is 2.36. The van der Waals surface area contributed by atoms with Gasteiger partial charge in [-0.05, 0) is 70.9 Å². The van der Waals surface area contributed by atoms with Gasteiger partial charge in [-0.15, -0.1) is 0 Å². The fraction of sp³-hybridized carbons (Fsp3) is 0. The molecule has 6 aromatic rings. The maximum Gasteiger partial charge on any atom is 0.0703 e. The van der Waals surface area contributed by atoms with E-state index in [-0.39, 0.29) is 0 Å². The average Bonchev–Trinajstić information content (AvgIpc) is 2.89. The zero-order valence-electron chi connectivity index (χ0n) is 18.1. The van der Waals surface area contributed by atoms with E-state index in [9.17, 15) is 0 Å². The number of anilines is 3. The van der Waals surface area contributed by atoms with Gasteiger partial charge in [-0.2, -0.15) is 0 Å². The van der Waals surface area contributed by atoms with Gasteiger partial charge in [-0.1, -0.05) is 72.8 Å². The molecule has 0 radical (unpaired) electrons. The minimum Gasteiger partial charge on any atom is -0.310 e. The molecule has 1 heterocycles. The lowest BCUT2D eigenvalue weighted by atomic mass is 10.0. The van der Waals surface area contributed by atoms with Crippen molar-refractivity contribution in [3.8, 4) is 11.1 Å². The average molecular weight is 423 g/mol. The Morgan fingerprint density at radius 1 is 0.424 bits per heavy atom. The van der Waals surface area contributed by atoms with Crippen LogP contribution in [0.15, 0.2) is 134 Å². The largest absolute Gasteiger partial charge is 0.310 e. The van der Waals surface area contributed by atoms with Crippen LogP contribution in [0.2, 0.25) is 0 Å². The Labute approximate surface area is 193 Å². The number of fused-ring (bicyclic) bond motifs is 2. The van der Waals surface area contributed by atoms with Crippen LogP contribution in [-0.2, 0) is 0 Å². The van der Waals surface area contributed by atoms with E-state index in [1.807, 2.05) is 18.3 Å². The Morgan fingerprint density at radius 3 is 1.79 bits per heavy atom. The molecule has 156 valence electrons. The van der Waals surface area contributed by atoms with Crippen LogP contribution in [0.5, 0.6) is 0 Å². The van der Waals surface area contributed by atoms with E-state index in [2.05, 4.69) is 120 Å². The number of benzene rings is 5. The third-order valence-corrected chi connectivity index (χ3v) is 6.03. The van der Waals surface area contributed by atoms with Crippen LogP contribution in [0.25, 0.3) is 32.8 Å². The van der Waals surface area contributed by atoms with Gasteiger partial charge in [-0.25, -0.2) is 0 Å². The quantitative estimate of drug-likeness (QED) is 0.283. The summed E-state index contributed by atoms with van der Waals surface area (Å²) >= 11 is 0. The normalized spacial score (nSPS) is 11.0. The van der Waals surface area contributed by atoms with Gasteiger partial charge >= 0.3 is 0 Å². The Kier molecular flexibility index (Phi) is 4.82. The topological polar surface area (TPSA) is 16.1 Å². The molecule has 0 bridgehead atoms. The summed E-state index contributed by atoms with van der Waals surface area (Å²) < 4.78 is 0. The molecule has 5 aromatic carbocycles. The molecular formula is C31H22N2. The van der Waals surface area contributed by atoms with Crippen LogP contribution in [-0.4, -0.2) is 4.98 Å². The summed E-state index contributed by atoms with van der Waals surface area (Å²) in [6.07, 6.45) is 1.97. The molecule has 2 heteroatoms. The lowest BCUT2D eigenvalue weighted by Crippen LogP contribution is -2.09. The highest BCUT2D eigenvalue weighted by molar-refractivity contribution is 5.92. The minimum absolute atomic E-state index is 0.990. The SMILES string of the molecule is c1ccc(N(c2ccccc2)c2ccc3ncc(-c4ccc5ccccc5c4)cc3c2)cc1. The smallest absolute Gasteiger partial charge is 0.0703 e. The predicted molar refractivity (Wildman–Crippen MR) is 139 cm³/mol. The number of hydrogen-bond acceptors (Lipinski definition) is 2. The van der Waals surface area contributed by atoms with Gasteiger partial charge in [0.2, 0.25) is 0 Å². The summed E-state index contributed by atoms with van der Waals surface area (Å²) in [6.45, 7) is 0. The molecule has 2 nitrogen and oxygen atoms in total. The number of nitrogens with zero attached hydrogens (tertiary/aromatic N) is 2. The summed E-state index contributed by atoms with van der Waals surface area (Å²) in [5.41, 5.74) is 6.65. The van der Waals surface area contributed by atoms with Gasteiger partial charge in [0.15, 0.2) is 0 Å². The van der Waals surface area contributed by atoms with Crippen molar-refractivity contribution in [2.45, 2.75) is 0 Å². The Balaban J connectivity index is 1.47. The molecule has 0 aliphatic heterocycles. The second-order valence-electron chi connectivity index (χ2n) is 8.17. The van der Waals surface area contributed by atoms with Crippen LogP contribution in [0.1, 0.15) is 0 Å². The van der Waals surface area contributed by atoms with Gasteiger partial charge in [0.1, 0.15) is 0 Å². The van der Waals surface area contributed by atoms with Crippen LogP contribution in [0.3, 0.4) is 0 Å². The highest BCUT2D eigenvalue weighted by Gasteiger charge is 2.13. The van der Waals surface area contributed by atoms with Crippen molar-refractivity contribution in [1.82, 2.24) is 4.98 Å². The van der Waals surface area contributed by atoms with Crippen molar-refractivity contribution in [1.29, 1.82) is 0 Å². The third-order valence-electron chi connectivity index (χ3n) is 6.03. The number of pyridine rings is 1. The molecule has 0 fully saturated rings. The van der Waals surface area contributed by atoms with Gasteiger partial charge in [0.05, 0.1) is 5.52 Å². The van der Waals surface area contributed by atoms with Gasteiger partial charge in [0, 0.05) is 34.2 Å². The molecule has 0 saturated heterocycles. The monoisotopic (exact) mass is 422 g/mol. The van der Waals surface area contributed by atoms with Crippen molar-refractivity contribution in [3.05, 3.63) is 134 Å². The van der Waals surface area contributed by atoms with Crippen molar-refractivity contribution in [2.24, 2.45) is 0 Å². The van der Waals surface area contributed by atoms with Crippen molar-refractivity contribution >= 4 is 38.7 Å². The van der Waals surface area contributed by atoms with Crippen LogP contribution in [0.4, 0.5) is 17.1 Å². The van der Waals surface area contributed by atoms with E-state index in [1.165, 1.54) is 16.3 Å². The number of para-hydroxylation sites is 2. The third kappa shape index (κ3) is 3.72. The Hall–Kier alpha value is -4.43. The lowest BCUT2D eigenvalue weighted by Gasteiger charge is -2.25. The predicted octanol–water partition coefficient (Wildman–Crippen LogP) is 8.52. The molecular weight excluding hydrogens is 400 g/mol. The molecule has 1 aromatic heterocycles. The molecule has 0 spiro atoms. The first-order valence-corrected chi connectivity index (χ1v) is 11.1. The van der Waals surface area contributed by atoms with Crippen molar-refractivity contribution < 1.29 is 0 Å². The second-order valence-corrected chi connectivity index (χ2v) is 8.17.